The van der Waals surface area contributed by atoms with E-state index in [2.05, 4.69) is 21.5 Å². The van der Waals surface area contributed by atoms with E-state index in [9.17, 15) is 9.59 Å². The first-order valence-corrected chi connectivity index (χ1v) is 9.03. The van der Waals surface area contributed by atoms with Gasteiger partial charge in [0.1, 0.15) is 0 Å². The van der Waals surface area contributed by atoms with Crippen molar-refractivity contribution in [2.75, 3.05) is 16.8 Å². The van der Waals surface area contributed by atoms with Crippen LogP contribution in [0.5, 0.6) is 0 Å². The van der Waals surface area contributed by atoms with Gasteiger partial charge in [-0.05, 0) is 52.0 Å². The highest BCUT2D eigenvalue weighted by molar-refractivity contribution is 8.00. The van der Waals surface area contributed by atoms with Crippen molar-refractivity contribution < 1.29 is 9.59 Å². The molecule has 1 rings (SSSR count). The van der Waals surface area contributed by atoms with Crippen LogP contribution in [0.25, 0.3) is 0 Å². The maximum atomic E-state index is 11.8. The Kier molecular flexibility index (Phi) is 8.00. The molecule has 0 heterocycles. The molecule has 0 aliphatic carbocycles. The van der Waals surface area contributed by atoms with E-state index in [-0.39, 0.29) is 28.9 Å². The Hall–Kier alpha value is -1.80. The Morgan fingerprint density at radius 3 is 2.21 bits per heavy atom. The van der Waals surface area contributed by atoms with Crippen LogP contribution in [0.4, 0.5) is 5.69 Å². The molecule has 1 aromatic carbocycles. The molecule has 0 aliphatic heterocycles. The van der Waals surface area contributed by atoms with Crippen LogP contribution in [0.15, 0.2) is 24.3 Å². The summed E-state index contributed by atoms with van der Waals surface area (Å²) >= 11 is 6.28. The van der Waals surface area contributed by atoms with E-state index >= 15 is 0 Å². The second-order valence-electron chi connectivity index (χ2n) is 6.28. The zero-order valence-electron chi connectivity index (χ0n) is 14.4. The molecular weight excluding hydrogens is 344 g/mol. The van der Waals surface area contributed by atoms with Crippen molar-refractivity contribution in [3.63, 3.8) is 0 Å². The minimum absolute atomic E-state index is 0.144. The van der Waals surface area contributed by atoms with E-state index in [1.165, 1.54) is 11.8 Å². The highest BCUT2D eigenvalue weighted by atomic mass is 32.2. The van der Waals surface area contributed by atoms with Crippen molar-refractivity contribution in [2.24, 2.45) is 0 Å². The van der Waals surface area contributed by atoms with Crippen LogP contribution in [0.1, 0.15) is 26.3 Å². The highest BCUT2D eigenvalue weighted by Crippen LogP contribution is 2.09. The van der Waals surface area contributed by atoms with Crippen molar-refractivity contribution >= 4 is 46.6 Å². The highest BCUT2D eigenvalue weighted by Gasteiger charge is 2.11. The number of benzene rings is 1. The average molecular weight is 369 g/mol. The Morgan fingerprint density at radius 1 is 1.04 bits per heavy atom. The molecule has 0 atom stereocenters. The van der Waals surface area contributed by atoms with Gasteiger partial charge in [-0.3, -0.25) is 20.4 Å². The van der Waals surface area contributed by atoms with Crippen LogP contribution in [0.2, 0.25) is 0 Å². The van der Waals surface area contributed by atoms with Crippen molar-refractivity contribution in [3.05, 3.63) is 29.8 Å². The van der Waals surface area contributed by atoms with Gasteiger partial charge in [-0.2, -0.15) is 0 Å². The number of carbonyl (C=O) groups is 2. The van der Waals surface area contributed by atoms with Gasteiger partial charge >= 0.3 is 0 Å². The first kappa shape index (κ1) is 20.2. The summed E-state index contributed by atoms with van der Waals surface area (Å²) in [7, 11) is 0. The summed E-state index contributed by atoms with van der Waals surface area (Å²) < 4.78 is 0. The number of hydrazine groups is 1. The number of amides is 2. The van der Waals surface area contributed by atoms with Crippen LogP contribution in [-0.4, -0.2) is 34.0 Å². The van der Waals surface area contributed by atoms with Gasteiger partial charge in [-0.15, -0.1) is 11.8 Å². The second kappa shape index (κ2) is 9.48. The van der Waals surface area contributed by atoms with E-state index in [0.29, 0.717) is 5.11 Å². The van der Waals surface area contributed by atoms with E-state index in [1.807, 2.05) is 52.0 Å². The van der Waals surface area contributed by atoms with Gasteiger partial charge in [0, 0.05) is 11.2 Å². The maximum Gasteiger partial charge on any atom is 0.248 e. The number of aryl methyl sites for hydroxylation is 1. The molecule has 0 aromatic heterocycles. The fraction of sp³-hybridized carbons (Fsp3) is 0.438. The smallest absolute Gasteiger partial charge is 0.248 e. The van der Waals surface area contributed by atoms with Crippen LogP contribution < -0.4 is 21.5 Å². The molecule has 1 aromatic rings. The molecule has 0 unspecified atom stereocenters. The van der Waals surface area contributed by atoms with Crippen molar-refractivity contribution in [1.29, 1.82) is 0 Å². The molecule has 0 bridgehead atoms. The Labute approximate surface area is 152 Å². The molecule has 8 heteroatoms. The predicted molar refractivity (Wildman–Crippen MR) is 104 cm³/mol. The number of hydrogen-bond acceptors (Lipinski definition) is 4. The van der Waals surface area contributed by atoms with Gasteiger partial charge in [0.15, 0.2) is 5.11 Å². The van der Waals surface area contributed by atoms with Gasteiger partial charge in [-0.25, -0.2) is 0 Å². The fourth-order valence-corrected chi connectivity index (χ4v) is 2.58. The summed E-state index contributed by atoms with van der Waals surface area (Å²) in [5, 5.41) is 6.14. The molecule has 0 aliphatic rings. The first-order valence-electron chi connectivity index (χ1n) is 7.47. The minimum Gasteiger partial charge on any atom is -0.357 e. The molecule has 0 spiro atoms. The minimum atomic E-state index is -0.249. The van der Waals surface area contributed by atoms with Crippen LogP contribution in [0, 0.1) is 6.92 Å². The molecule has 0 fully saturated rings. The fourth-order valence-electron chi connectivity index (χ4n) is 1.60. The lowest BCUT2D eigenvalue weighted by Gasteiger charge is -2.23. The van der Waals surface area contributed by atoms with Gasteiger partial charge in [-0.1, -0.05) is 17.7 Å². The Balaban J connectivity index is 2.19. The van der Waals surface area contributed by atoms with E-state index < -0.39 is 0 Å². The van der Waals surface area contributed by atoms with Crippen LogP contribution in [-0.2, 0) is 9.59 Å². The normalized spacial score (nSPS) is 10.7. The van der Waals surface area contributed by atoms with Gasteiger partial charge in [0.2, 0.25) is 11.8 Å². The summed E-state index contributed by atoms with van der Waals surface area (Å²) in [4.78, 5) is 23.5. The molecule has 0 saturated carbocycles. The molecule has 4 N–H and O–H groups in total. The third-order valence-corrected chi connectivity index (χ3v) is 3.74. The second-order valence-corrected chi connectivity index (χ2v) is 7.68. The molecule has 0 radical (unpaired) electrons. The number of hydrogen-bond donors (Lipinski definition) is 4. The number of carbonyl (C=O) groups excluding carboxylic acids is 2. The standard InChI is InChI=1S/C16H24N4O2S2/c1-11-5-7-12(8-6-11)17-13(21)9-24-10-14(22)19-20-15(23)18-16(2,3)4/h5-8H,9-10H2,1-4H3,(H,17,21)(H,19,22)(H2,18,20,23). The summed E-state index contributed by atoms with van der Waals surface area (Å²) in [5.74, 6) is -0.0333. The predicted octanol–water partition coefficient (Wildman–Crippen LogP) is 1.96. The van der Waals surface area contributed by atoms with Crippen LogP contribution >= 0.6 is 24.0 Å². The SMILES string of the molecule is Cc1ccc(NC(=O)CSCC(=O)NNC(=S)NC(C)(C)C)cc1. The largest absolute Gasteiger partial charge is 0.357 e. The van der Waals surface area contributed by atoms with Crippen molar-refractivity contribution in [1.82, 2.24) is 16.2 Å². The molecule has 0 saturated heterocycles. The lowest BCUT2D eigenvalue weighted by molar-refractivity contribution is -0.119. The zero-order chi connectivity index (χ0) is 18.2. The number of thiocarbonyl (C=S) groups is 1. The Bertz CT molecular complexity index is 583. The van der Waals surface area contributed by atoms with Gasteiger partial charge in [0.25, 0.3) is 0 Å². The number of rotatable bonds is 5. The molecule has 24 heavy (non-hydrogen) atoms. The summed E-state index contributed by atoms with van der Waals surface area (Å²) in [6.07, 6.45) is 0. The molecule has 132 valence electrons. The van der Waals surface area contributed by atoms with Gasteiger partial charge < -0.3 is 10.6 Å². The molecule has 2 amide bonds. The number of thioether (sulfide) groups is 1. The van der Waals surface area contributed by atoms with Crippen LogP contribution in [0.3, 0.4) is 0 Å². The van der Waals surface area contributed by atoms with E-state index in [1.54, 1.807) is 0 Å². The third-order valence-electron chi connectivity index (χ3n) is 2.61. The third kappa shape index (κ3) is 9.36. The summed E-state index contributed by atoms with van der Waals surface area (Å²) in [6, 6.07) is 7.54. The molecule has 6 nitrogen and oxygen atoms in total. The monoisotopic (exact) mass is 368 g/mol. The maximum absolute atomic E-state index is 11.8. The van der Waals surface area contributed by atoms with E-state index in [4.69, 9.17) is 12.2 Å². The zero-order valence-corrected chi connectivity index (χ0v) is 16.0. The summed E-state index contributed by atoms with van der Waals surface area (Å²) in [6.45, 7) is 7.87. The van der Waals surface area contributed by atoms with E-state index in [0.717, 1.165) is 11.3 Å². The average Bonchev–Trinajstić information content (AvgIpc) is 2.46. The lowest BCUT2D eigenvalue weighted by atomic mass is 10.1. The van der Waals surface area contributed by atoms with Crippen molar-refractivity contribution in [2.45, 2.75) is 33.2 Å². The first-order chi connectivity index (χ1) is 11.2. The number of nitrogens with one attached hydrogen (secondary N) is 4. The van der Waals surface area contributed by atoms with Crippen molar-refractivity contribution in [3.8, 4) is 0 Å². The lowest BCUT2D eigenvalue weighted by Crippen LogP contribution is -2.52. The summed E-state index contributed by atoms with van der Waals surface area (Å²) in [5.41, 5.74) is 6.81. The Morgan fingerprint density at radius 2 is 1.62 bits per heavy atom. The van der Waals surface area contributed by atoms with Gasteiger partial charge in [0.05, 0.1) is 11.5 Å². The quantitative estimate of drug-likeness (QED) is 0.470. The number of anilines is 1. The molecular formula is C16H24N4O2S2. The topological polar surface area (TPSA) is 82.3 Å².